The Kier molecular flexibility index (Phi) is 4.76. The summed E-state index contributed by atoms with van der Waals surface area (Å²) in [5.41, 5.74) is 5.72. The fourth-order valence-corrected chi connectivity index (χ4v) is 3.17. The van der Waals surface area contributed by atoms with Crippen molar-refractivity contribution in [1.29, 1.82) is 0 Å². The zero-order valence-electron chi connectivity index (χ0n) is 11.1. The van der Waals surface area contributed by atoms with Gasteiger partial charge in [-0.05, 0) is 25.3 Å². The van der Waals surface area contributed by atoms with Crippen LogP contribution >= 0.6 is 0 Å². The number of aliphatic carboxylic acids is 1. The van der Waals surface area contributed by atoms with E-state index in [1.165, 1.54) is 0 Å². The summed E-state index contributed by atoms with van der Waals surface area (Å²) in [5, 5.41) is 8.92. The maximum atomic E-state index is 12.6. The molecule has 1 heterocycles. The minimum atomic E-state index is -0.893. The molecule has 108 valence electrons. The first-order chi connectivity index (χ1) is 9.13. The highest BCUT2D eigenvalue weighted by molar-refractivity contribution is 5.80. The van der Waals surface area contributed by atoms with E-state index in [1.807, 2.05) is 0 Å². The van der Waals surface area contributed by atoms with Crippen LogP contribution in [0.1, 0.15) is 25.7 Å². The number of nitrogens with two attached hydrogens (primary N) is 1. The van der Waals surface area contributed by atoms with E-state index in [0.717, 1.165) is 19.3 Å². The predicted molar refractivity (Wildman–Crippen MR) is 68.5 cm³/mol. The van der Waals surface area contributed by atoms with Crippen molar-refractivity contribution in [1.82, 2.24) is 4.90 Å². The van der Waals surface area contributed by atoms with Crippen molar-refractivity contribution in [3.05, 3.63) is 0 Å². The van der Waals surface area contributed by atoms with Gasteiger partial charge in [0.2, 0.25) is 5.91 Å². The Morgan fingerprint density at radius 2 is 2.16 bits per heavy atom. The summed E-state index contributed by atoms with van der Waals surface area (Å²) in [6.07, 6.45) is 2.86. The van der Waals surface area contributed by atoms with E-state index in [4.69, 9.17) is 15.6 Å². The molecule has 19 heavy (non-hydrogen) atoms. The van der Waals surface area contributed by atoms with E-state index in [0.29, 0.717) is 26.3 Å². The number of rotatable bonds is 4. The summed E-state index contributed by atoms with van der Waals surface area (Å²) in [7, 11) is 0. The van der Waals surface area contributed by atoms with Crippen LogP contribution in [0.2, 0.25) is 0 Å². The molecule has 6 nitrogen and oxygen atoms in total. The quantitative estimate of drug-likeness (QED) is 0.753. The first kappa shape index (κ1) is 14.3. The van der Waals surface area contributed by atoms with E-state index in [1.54, 1.807) is 4.90 Å². The van der Waals surface area contributed by atoms with Gasteiger partial charge in [0.05, 0.1) is 25.7 Å². The number of nitrogens with zero attached hydrogens (tertiary/aromatic N) is 1. The van der Waals surface area contributed by atoms with E-state index >= 15 is 0 Å². The topological polar surface area (TPSA) is 92.9 Å². The minimum absolute atomic E-state index is 0.0283. The fourth-order valence-electron chi connectivity index (χ4n) is 3.17. The molecule has 0 aromatic heterocycles. The van der Waals surface area contributed by atoms with Gasteiger partial charge in [-0.2, -0.15) is 0 Å². The largest absolute Gasteiger partial charge is 0.481 e. The zero-order valence-corrected chi connectivity index (χ0v) is 11.1. The third-order valence-electron chi connectivity index (χ3n) is 4.20. The summed E-state index contributed by atoms with van der Waals surface area (Å²) in [6.45, 7) is 1.83. The number of carbonyl (C=O) groups is 2. The Morgan fingerprint density at radius 3 is 2.84 bits per heavy atom. The number of hydrogen-bond acceptors (Lipinski definition) is 4. The van der Waals surface area contributed by atoms with Crippen LogP contribution in [0.15, 0.2) is 0 Å². The SMILES string of the molecule is NCC1CCCC1C(=O)N1CCOCC1CC(=O)O. The van der Waals surface area contributed by atoms with Gasteiger partial charge in [0.1, 0.15) is 0 Å². The van der Waals surface area contributed by atoms with Crippen molar-refractivity contribution in [2.45, 2.75) is 31.7 Å². The fraction of sp³-hybridized carbons (Fsp3) is 0.846. The third-order valence-corrected chi connectivity index (χ3v) is 4.20. The number of carbonyl (C=O) groups excluding carboxylic acids is 1. The molecule has 2 fully saturated rings. The lowest BCUT2D eigenvalue weighted by Crippen LogP contribution is -2.52. The molecule has 3 atom stereocenters. The number of ether oxygens (including phenoxy) is 1. The monoisotopic (exact) mass is 270 g/mol. The highest BCUT2D eigenvalue weighted by Gasteiger charge is 2.38. The number of hydrogen-bond donors (Lipinski definition) is 2. The molecule has 1 aliphatic heterocycles. The van der Waals surface area contributed by atoms with Crippen molar-refractivity contribution < 1.29 is 19.4 Å². The number of morpholine rings is 1. The second-order valence-corrected chi connectivity index (χ2v) is 5.39. The van der Waals surface area contributed by atoms with Crippen LogP contribution in [0.4, 0.5) is 0 Å². The molecule has 0 spiro atoms. The van der Waals surface area contributed by atoms with Crippen molar-refractivity contribution in [3.63, 3.8) is 0 Å². The van der Waals surface area contributed by atoms with Gasteiger partial charge < -0.3 is 20.5 Å². The summed E-state index contributed by atoms with van der Waals surface area (Å²) >= 11 is 0. The van der Waals surface area contributed by atoms with Crippen LogP contribution in [-0.4, -0.2) is 54.2 Å². The van der Waals surface area contributed by atoms with Gasteiger partial charge in [-0.15, -0.1) is 0 Å². The van der Waals surface area contributed by atoms with Crippen LogP contribution in [0.3, 0.4) is 0 Å². The maximum Gasteiger partial charge on any atom is 0.305 e. The van der Waals surface area contributed by atoms with Gasteiger partial charge in [-0.1, -0.05) is 6.42 Å². The standard InChI is InChI=1S/C13H22N2O4/c14-7-9-2-1-3-11(9)13(18)15-4-5-19-8-10(15)6-12(16)17/h9-11H,1-8,14H2,(H,16,17). The van der Waals surface area contributed by atoms with Crippen molar-refractivity contribution in [2.24, 2.45) is 17.6 Å². The van der Waals surface area contributed by atoms with Gasteiger partial charge in [-0.3, -0.25) is 9.59 Å². The van der Waals surface area contributed by atoms with E-state index < -0.39 is 5.97 Å². The first-order valence-electron chi connectivity index (χ1n) is 6.93. The Hall–Kier alpha value is -1.14. The van der Waals surface area contributed by atoms with Gasteiger partial charge in [0, 0.05) is 12.5 Å². The molecule has 0 radical (unpaired) electrons. The van der Waals surface area contributed by atoms with Gasteiger partial charge in [0.15, 0.2) is 0 Å². The molecule has 6 heteroatoms. The Bertz CT molecular complexity index is 348. The van der Waals surface area contributed by atoms with Crippen molar-refractivity contribution in [3.8, 4) is 0 Å². The summed E-state index contributed by atoms with van der Waals surface area (Å²) in [6, 6.07) is -0.335. The van der Waals surface area contributed by atoms with E-state index in [-0.39, 0.29) is 30.2 Å². The minimum Gasteiger partial charge on any atom is -0.481 e. The molecule has 0 aromatic rings. The first-order valence-corrected chi connectivity index (χ1v) is 6.93. The molecule has 1 saturated carbocycles. The Labute approximate surface area is 112 Å². The molecule has 2 aliphatic rings. The molecule has 1 saturated heterocycles. The Morgan fingerprint density at radius 1 is 1.37 bits per heavy atom. The van der Waals surface area contributed by atoms with Crippen LogP contribution in [-0.2, 0) is 14.3 Å². The van der Waals surface area contributed by atoms with Crippen LogP contribution < -0.4 is 5.73 Å². The lowest BCUT2D eigenvalue weighted by Gasteiger charge is -2.37. The molecular weight excluding hydrogens is 248 g/mol. The molecule has 0 aromatic carbocycles. The molecule has 1 aliphatic carbocycles. The molecule has 3 N–H and O–H groups in total. The highest BCUT2D eigenvalue weighted by Crippen LogP contribution is 2.33. The van der Waals surface area contributed by atoms with E-state index in [9.17, 15) is 9.59 Å². The lowest BCUT2D eigenvalue weighted by molar-refractivity contribution is -0.149. The van der Waals surface area contributed by atoms with Crippen LogP contribution in [0, 0.1) is 11.8 Å². The predicted octanol–water partition coefficient (Wildman–Crippen LogP) is 0.0635. The third kappa shape index (κ3) is 3.25. The second-order valence-electron chi connectivity index (χ2n) is 5.39. The molecule has 0 bridgehead atoms. The number of amides is 1. The smallest absolute Gasteiger partial charge is 0.305 e. The summed E-state index contributed by atoms with van der Waals surface area (Å²) < 4.78 is 5.30. The molecular formula is C13H22N2O4. The average molecular weight is 270 g/mol. The number of carboxylic acids is 1. The summed E-state index contributed by atoms with van der Waals surface area (Å²) in [4.78, 5) is 25.2. The van der Waals surface area contributed by atoms with Gasteiger partial charge in [-0.25, -0.2) is 0 Å². The van der Waals surface area contributed by atoms with Crippen molar-refractivity contribution in [2.75, 3.05) is 26.3 Å². The average Bonchev–Trinajstić information content (AvgIpc) is 2.86. The normalized spacial score (nSPS) is 31.4. The summed E-state index contributed by atoms with van der Waals surface area (Å²) in [5.74, 6) is -0.599. The zero-order chi connectivity index (χ0) is 13.8. The number of carboxylic acid groups (broad SMARTS) is 1. The van der Waals surface area contributed by atoms with Crippen molar-refractivity contribution >= 4 is 11.9 Å². The molecule has 1 amide bonds. The highest BCUT2D eigenvalue weighted by atomic mass is 16.5. The second kappa shape index (κ2) is 6.34. The van der Waals surface area contributed by atoms with Crippen LogP contribution in [0.5, 0.6) is 0 Å². The van der Waals surface area contributed by atoms with Gasteiger partial charge in [0.25, 0.3) is 0 Å². The lowest BCUT2D eigenvalue weighted by atomic mass is 9.93. The van der Waals surface area contributed by atoms with E-state index in [2.05, 4.69) is 0 Å². The molecule has 3 unspecified atom stereocenters. The Balaban J connectivity index is 2.04. The van der Waals surface area contributed by atoms with Gasteiger partial charge >= 0.3 is 5.97 Å². The molecule has 2 rings (SSSR count). The maximum absolute atomic E-state index is 12.6. The van der Waals surface area contributed by atoms with Crippen LogP contribution in [0.25, 0.3) is 0 Å².